The second-order valence-corrected chi connectivity index (χ2v) is 7.94. The molecule has 0 saturated carbocycles. The van der Waals surface area contributed by atoms with E-state index in [0.29, 0.717) is 11.3 Å². The molecule has 0 atom stereocenters. The van der Waals surface area contributed by atoms with Gasteiger partial charge < -0.3 is 10.6 Å². The van der Waals surface area contributed by atoms with Gasteiger partial charge in [-0.15, -0.1) is 0 Å². The van der Waals surface area contributed by atoms with Crippen LogP contribution in [-0.2, 0) is 9.84 Å². The number of benzene rings is 1. The first-order chi connectivity index (χ1) is 10.9. The third-order valence-electron chi connectivity index (χ3n) is 2.96. The normalized spacial score (nSPS) is 11.0. The molecule has 0 radical (unpaired) electrons. The number of nitrogens with one attached hydrogen (secondary N) is 2. The van der Waals surface area contributed by atoms with Gasteiger partial charge in [0.15, 0.2) is 0 Å². The van der Waals surface area contributed by atoms with Gasteiger partial charge >= 0.3 is 0 Å². The van der Waals surface area contributed by atoms with E-state index in [1.54, 1.807) is 41.1 Å². The van der Waals surface area contributed by atoms with Crippen LogP contribution in [0.15, 0.2) is 41.1 Å². The number of amides is 2. The Morgan fingerprint density at radius 2 is 1.87 bits per heavy atom. The summed E-state index contributed by atoms with van der Waals surface area (Å²) in [6.07, 6.45) is 1.11. The van der Waals surface area contributed by atoms with E-state index < -0.39 is 15.7 Å². The molecule has 8 heteroatoms. The van der Waals surface area contributed by atoms with Crippen LogP contribution in [0.25, 0.3) is 0 Å². The number of thiophene rings is 1. The zero-order valence-corrected chi connectivity index (χ0v) is 14.0. The highest BCUT2D eigenvalue weighted by Gasteiger charge is 2.14. The second-order valence-electron chi connectivity index (χ2n) is 4.90. The van der Waals surface area contributed by atoms with Crippen LogP contribution in [0.5, 0.6) is 0 Å². The van der Waals surface area contributed by atoms with Crippen LogP contribution in [-0.4, -0.2) is 38.8 Å². The van der Waals surface area contributed by atoms with Gasteiger partial charge in [0.1, 0.15) is 9.84 Å². The van der Waals surface area contributed by atoms with Crippen LogP contribution in [0.1, 0.15) is 20.7 Å². The molecule has 0 spiro atoms. The minimum absolute atomic E-state index is 0.0183. The maximum Gasteiger partial charge on any atom is 0.256 e. The first kappa shape index (κ1) is 17.2. The number of carbonyl (C=O) groups is 2. The number of carbonyl (C=O) groups excluding carboxylic acids is 2. The molecule has 6 nitrogen and oxygen atoms in total. The molecule has 2 amide bonds. The van der Waals surface area contributed by atoms with Crippen molar-refractivity contribution in [2.45, 2.75) is 0 Å². The lowest BCUT2D eigenvalue weighted by atomic mass is 10.1. The van der Waals surface area contributed by atoms with Crippen LogP contribution >= 0.6 is 11.3 Å². The Balaban J connectivity index is 2.08. The molecule has 0 unspecified atom stereocenters. The lowest BCUT2D eigenvalue weighted by Crippen LogP contribution is -2.29. The van der Waals surface area contributed by atoms with Crippen molar-refractivity contribution in [2.24, 2.45) is 0 Å². The van der Waals surface area contributed by atoms with Gasteiger partial charge in [0.25, 0.3) is 11.8 Å². The number of anilines is 1. The monoisotopic (exact) mass is 352 g/mol. The van der Waals surface area contributed by atoms with E-state index >= 15 is 0 Å². The predicted octanol–water partition coefficient (Wildman–Crippen LogP) is 1.77. The van der Waals surface area contributed by atoms with Gasteiger partial charge in [0, 0.05) is 18.2 Å². The molecule has 1 heterocycles. The molecule has 1 aromatic carbocycles. The average Bonchev–Trinajstić information content (AvgIpc) is 3.00. The summed E-state index contributed by atoms with van der Waals surface area (Å²) < 4.78 is 22.2. The number of rotatable bonds is 6. The molecule has 122 valence electrons. The summed E-state index contributed by atoms with van der Waals surface area (Å²) in [6, 6.07) is 8.26. The van der Waals surface area contributed by atoms with Crippen LogP contribution < -0.4 is 10.6 Å². The fraction of sp³-hybridized carbons (Fsp3) is 0.200. The summed E-state index contributed by atoms with van der Waals surface area (Å²) in [4.78, 5) is 24.2. The number of hydrogen-bond acceptors (Lipinski definition) is 5. The summed E-state index contributed by atoms with van der Waals surface area (Å²) in [5, 5.41) is 8.73. The highest BCUT2D eigenvalue weighted by molar-refractivity contribution is 7.90. The van der Waals surface area contributed by atoms with Crippen molar-refractivity contribution in [1.82, 2.24) is 5.32 Å². The standard InChI is InChI=1S/C15H16N2O4S2/c1-23(20,21)9-7-16-15(19)12-4-2-3-5-13(12)17-14(18)11-6-8-22-10-11/h2-6,8,10H,7,9H2,1H3,(H,16,19)(H,17,18). The molecular formula is C15H16N2O4S2. The van der Waals surface area contributed by atoms with Gasteiger partial charge in [0.2, 0.25) is 0 Å². The van der Waals surface area contributed by atoms with Gasteiger partial charge in [-0.1, -0.05) is 12.1 Å². The Kier molecular flexibility index (Phi) is 5.51. The van der Waals surface area contributed by atoms with E-state index in [4.69, 9.17) is 0 Å². The molecule has 2 N–H and O–H groups in total. The summed E-state index contributed by atoms with van der Waals surface area (Å²) >= 11 is 1.41. The average molecular weight is 352 g/mol. The highest BCUT2D eigenvalue weighted by Crippen LogP contribution is 2.17. The van der Waals surface area contributed by atoms with Gasteiger partial charge in [-0.25, -0.2) is 8.42 Å². The molecule has 0 saturated heterocycles. The Labute approximate surface area is 138 Å². The lowest BCUT2D eigenvalue weighted by molar-refractivity contribution is 0.0957. The van der Waals surface area contributed by atoms with Crippen molar-refractivity contribution >= 4 is 38.7 Å². The zero-order chi connectivity index (χ0) is 16.9. The lowest BCUT2D eigenvalue weighted by Gasteiger charge is -2.11. The van der Waals surface area contributed by atoms with Crippen LogP contribution in [0.3, 0.4) is 0 Å². The van der Waals surface area contributed by atoms with E-state index in [1.807, 2.05) is 0 Å². The molecule has 0 fully saturated rings. The van der Waals surface area contributed by atoms with E-state index in [0.717, 1.165) is 6.26 Å². The first-order valence-corrected chi connectivity index (χ1v) is 9.75. The number of hydrogen-bond donors (Lipinski definition) is 2. The Hall–Kier alpha value is -2.19. The highest BCUT2D eigenvalue weighted by atomic mass is 32.2. The minimum atomic E-state index is -3.14. The Morgan fingerprint density at radius 1 is 1.13 bits per heavy atom. The minimum Gasteiger partial charge on any atom is -0.351 e. The molecule has 0 aliphatic heterocycles. The van der Waals surface area contributed by atoms with Crippen molar-refractivity contribution in [1.29, 1.82) is 0 Å². The molecule has 0 aliphatic carbocycles. The zero-order valence-electron chi connectivity index (χ0n) is 12.4. The first-order valence-electron chi connectivity index (χ1n) is 6.75. The van der Waals surface area contributed by atoms with Crippen LogP contribution in [0.4, 0.5) is 5.69 Å². The second kappa shape index (κ2) is 7.38. The van der Waals surface area contributed by atoms with Crippen molar-refractivity contribution in [3.05, 3.63) is 52.2 Å². The summed E-state index contributed by atoms with van der Waals surface area (Å²) in [6.45, 7) is 0.0183. The third-order valence-corrected chi connectivity index (χ3v) is 4.59. The largest absolute Gasteiger partial charge is 0.351 e. The van der Waals surface area contributed by atoms with Crippen molar-refractivity contribution in [2.75, 3.05) is 23.9 Å². The van der Waals surface area contributed by atoms with Crippen molar-refractivity contribution in [3.8, 4) is 0 Å². The van der Waals surface area contributed by atoms with E-state index in [-0.39, 0.29) is 23.8 Å². The van der Waals surface area contributed by atoms with Crippen LogP contribution in [0.2, 0.25) is 0 Å². The predicted molar refractivity (Wildman–Crippen MR) is 90.8 cm³/mol. The fourth-order valence-electron chi connectivity index (χ4n) is 1.82. The summed E-state index contributed by atoms with van der Waals surface area (Å²) in [7, 11) is -3.14. The molecule has 0 aliphatic rings. The number of sulfone groups is 1. The quantitative estimate of drug-likeness (QED) is 0.829. The maximum absolute atomic E-state index is 12.2. The fourth-order valence-corrected chi connectivity index (χ4v) is 2.93. The molecule has 2 rings (SSSR count). The smallest absolute Gasteiger partial charge is 0.256 e. The van der Waals surface area contributed by atoms with Gasteiger partial charge in [-0.2, -0.15) is 11.3 Å². The Bertz CT molecular complexity index is 799. The van der Waals surface area contributed by atoms with Gasteiger partial charge in [-0.3, -0.25) is 9.59 Å². The topological polar surface area (TPSA) is 92.3 Å². The third kappa shape index (κ3) is 5.19. The molecule has 2 aromatic rings. The summed E-state index contributed by atoms with van der Waals surface area (Å²) in [5.41, 5.74) is 1.17. The van der Waals surface area contributed by atoms with Crippen molar-refractivity contribution < 1.29 is 18.0 Å². The van der Waals surface area contributed by atoms with E-state index in [1.165, 1.54) is 11.3 Å². The van der Waals surface area contributed by atoms with Gasteiger partial charge in [0.05, 0.1) is 22.6 Å². The molecule has 1 aromatic heterocycles. The molecule has 23 heavy (non-hydrogen) atoms. The SMILES string of the molecule is CS(=O)(=O)CCNC(=O)c1ccccc1NC(=O)c1ccsc1. The Morgan fingerprint density at radius 3 is 2.52 bits per heavy atom. The molecular weight excluding hydrogens is 336 g/mol. The number of para-hydroxylation sites is 1. The van der Waals surface area contributed by atoms with Crippen LogP contribution in [0, 0.1) is 0 Å². The summed E-state index contributed by atoms with van der Waals surface area (Å²) in [5.74, 6) is -0.875. The molecule has 0 bridgehead atoms. The van der Waals surface area contributed by atoms with E-state index in [9.17, 15) is 18.0 Å². The van der Waals surface area contributed by atoms with Crippen molar-refractivity contribution in [3.63, 3.8) is 0 Å². The maximum atomic E-state index is 12.2. The van der Waals surface area contributed by atoms with E-state index in [2.05, 4.69) is 10.6 Å². The van der Waals surface area contributed by atoms with Gasteiger partial charge in [-0.05, 0) is 23.6 Å².